The molecule has 2 rings (SSSR count). The molecule has 0 aliphatic carbocycles. The van der Waals surface area contributed by atoms with Crippen molar-refractivity contribution < 1.29 is 22.1 Å². The molecule has 0 amide bonds. The van der Waals surface area contributed by atoms with Crippen LogP contribution >= 0.6 is 0 Å². The molecule has 23 heavy (non-hydrogen) atoms. The highest BCUT2D eigenvalue weighted by molar-refractivity contribution is 7.86. The molecule has 1 atom stereocenters. The van der Waals surface area contributed by atoms with Gasteiger partial charge < -0.3 is 4.74 Å². The highest BCUT2D eigenvalue weighted by Crippen LogP contribution is 2.41. The fraction of sp³-hybridized carbons (Fsp3) is 0.588. The Balaban J connectivity index is 1.90. The summed E-state index contributed by atoms with van der Waals surface area (Å²) in [5, 5.41) is 0. The lowest BCUT2D eigenvalue weighted by molar-refractivity contribution is -0.149. The van der Waals surface area contributed by atoms with Crippen LogP contribution < -0.4 is 0 Å². The van der Waals surface area contributed by atoms with Gasteiger partial charge in [0.15, 0.2) is 0 Å². The number of esters is 1. The first-order valence-electron chi connectivity index (χ1n) is 8.00. The molecule has 1 saturated heterocycles. The Kier molecular flexibility index (Phi) is 5.47. The van der Waals surface area contributed by atoms with E-state index >= 15 is 0 Å². The molecule has 0 saturated carbocycles. The van der Waals surface area contributed by atoms with Gasteiger partial charge >= 0.3 is 5.97 Å². The molecule has 0 unspecified atom stereocenters. The van der Waals surface area contributed by atoms with Crippen LogP contribution in [0.5, 0.6) is 0 Å². The highest BCUT2D eigenvalue weighted by Gasteiger charge is 2.46. The molecule has 1 aromatic rings. The SMILES string of the molecule is CCC1(CC)C[C@@H](CCOS(=O)(=O)c2ccc(C)cc2)OC1=O. The molecular formula is C17H24O5S. The van der Waals surface area contributed by atoms with Gasteiger partial charge in [-0.05, 0) is 31.9 Å². The minimum Gasteiger partial charge on any atom is -0.462 e. The minimum atomic E-state index is -3.76. The number of benzene rings is 1. The Morgan fingerprint density at radius 1 is 1.22 bits per heavy atom. The van der Waals surface area contributed by atoms with E-state index in [1.165, 1.54) is 12.1 Å². The number of carbonyl (C=O) groups is 1. The molecule has 6 heteroatoms. The summed E-state index contributed by atoms with van der Waals surface area (Å²) in [4.78, 5) is 12.1. The van der Waals surface area contributed by atoms with E-state index in [1.54, 1.807) is 12.1 Å². The molecule has 1 fully saturated rings. The molecule has 1 aromatic carbocycles. The van der Waals surface area contributed by atoms with Crippen LogP contribution in [0.4, 0.5) is 0 Å². The summed E-state index contributed by atoms with van der Waals surface area (Å²) in [6, 6.07) is 6.51. The summed E-state index contributed by atoms with van der Waals surface area (Å²) in [5.41, 5.74) is 0.567. The van der Waals surface area contributed by atoms with Crippen molar-refractivity contribution in [1.29, 1.82) is 0 Å². The van der Waals surface area contributed by atoms with E-state index < -0.39 is 15.5 Å². The summed E-state index contributed by atoms with van der Waals surface area (Å²) in [5.74, 6) is -0.172. The lowest BCUT2D eigenvalue weighted by atomic mass is 9.79. The highest BCUT2D eigenvalue weighted by atomic mass is 32.2. The average molecular weight is 340 g/mol. The molecule has 1 aliphatic rings. The average Bonchev–Trinajstić information content (AvgIpc) is 2.84. The molecule has 1 aliphatic heterocycles. The van der Waals surface area contributed by atoms with Crippen LogP contribution in [0.3, 0.4) is 0 Å². The predicted molar refractivity (Wildman–Crippen MR) is 86.4 cm³/mol. The Hall–Kier alpha value is -1.40. The van der Waals surface area contributed by atoms with E-state index in [1.807, 2.05) is 20.8 Å². The van der Waals surface area contributed by atoms with E-state index in [9.17, 15) is 13.2 Å². The maximum absolute atomic E-state index is 12.1. The normalized spacial score (nSPS) is 20.5. The standard InChI is InChI=1S/C17H24O5S/c1-4-17(5-2)12-14(22-16(17)18)10-11-21-23(19,20)15-8-6-13(3)7-9-15/h6-9,14H,4-5,10-12H2,1-3H3/t14-/m1/s1. The van der Waals surface area contributed by atoms with Crippen molar-refractivity contribution in [2.75, 3.05) is 6.61 Å². The van der Waals surface area contributed by atoms with Crippen molar-refractivity contribution in [2.45, 2.75) is 57.5 Å². The number of hydrogen-bond donors (Lipinski definition) is 0. The molecule has 0 spiro atoms. The van der Waals surface area contributed by atoms with Crippen molar-refractivity contribution in [2.24, 2.45) is 5.41 Å². The Morgan fingerprint density at radius 3 is 2.35 bits per heavy atom. The second-order valence-corrected chi connectivity index (χ2v) is 7.71. The van der Waals surface area contributed by atoms with Gasteiger partial charge in [-0.15, -0.1) is 0 Å². The predicted octanol–water partition coefficient (Wildman–Crippen LogP) is 3.21. The summed E-state index contributed by atoms with van der Waals surface area (Å²) < 4.78 is 34.6. The molecule has 1 heterocycles. The largest absolute Gasteiger partial charge is 0.462 e. The fourth-order valence-electron chi connectivity index (χ4n) is 2.89. The molecule has 0 N–H and O–H groups in total. The van der Waals surface area contributed by atoms with Gasteiger partial charge in [0.25, 0.3) is 10.1 Å². The number of ether oxygens (including phenoxy) is 1. The van der Waals surface area contributed by atoms with Crippen molar-refractivity contribution in [3.8, 4) is 0 Å². The number of carbonyl (C=O) groups excluding carboxylic acids is 1. The van der Waals surface area contributed by atoms with Crippen LogP contribution in [-0.4, -0.2) is 27.1 Å². The van der Waals surface area contributed by atoms with Crippen LogP contribution in [0.1, 0.15) is 45.1 Å². The fourth-order valence-corrected chi connectivity index (χ4v) is 3.81. The van der Waals surface area contributed by atoms with Gasteiger partial charge in [0, 0.05) is 12.8 Å². The molecule has 5 nitrogen and oxygen atoms in total. The summed E-state index contributed by atoms with van der Waals surface area (Å²) in [7, 11) is -3.76. The first-order chi connectivity index (χ1) is 10.8. The molecule has 0 radical (unpaired) electrons. The first-order valence-corrected chi connectivity index (χ1v) is 9.41. The van der Waals surface area contributed by atoms with Gasteiger partial charge in [-0.25, -0.2) is 0 Å². The molecular weight excluding hydrogens is 316 g/mol. The van der Waals surface area contributed by atoms with Crippen LogP contribution in [-0.2, 0) is 23.8 Å². The van der Waals surface area contributed by atoms with Gasteiger partial charge in [0.2, 0.25) is 0 Å². The molecule has 0 bridgehead atoms. The zero-order chi connectivity index (χ0) is 17.1. The second kappa shape index (κ2) is 7.01. The Morgan fingerprint density at radius 2 is 1.83 bits per heavy atom. The van der Waals surface area contributed by atoms with Crippen LogP contribution in [0, 0.1) is 12.3 Å². The number of rotatable bonds is 7. The topological polar surface area (TPSA) is 69.7 Å². The van der Waals surface area contributed by atoms with Gasteiger partial charge in [0.05, 0.1) is 16.9 Å². The maximum Gasteiger partial charge on any atom is 0.312 e. The minimum absolute atomic E-state index is 0.0116. The smallest absolute Gasteiger partial charge is 0.312 e. The van der Waals surface area contributed by atoms with E-state index in [0.717, 1.165) is 18.4 Å². The van der Waals surface area contributed by atoms with Crippen molar-refractivity contribution in [3.63, 3.8) is 0 Å². The van der Waals surface area contributed by atoms with Crippen molar-refractivity contribution in [1.82, 2.24) is 0 Å². The Bertz CT molecular complexity index is 644. The van der Waals surface area contributed by atoms with E-state index in [0.29, 0.717) is 12.8 Å². The van der Waals surface area contributed by atoms with Crippen LogP contribution in [0.25, 0.3) is 0 Å². The zero-order valence-corrected chi connectivity index (χ0v) is 14.7. The van der Waals surface area contributed by atoms with E-state index in [-0.39, 0.29) is 23.6 Å². The third kappa shape index (κ3) is 3.93. The van der Waals surface area contributed by atoms with Crippen LogP contribution in [0.2, 0.25) is 0 Å². The second-order valence-electron chi connectivity index (χ2n) is 6.10. The number of aryl methyl sites for hydroxylation is 1. The monoisotopic (exact) mass is 340 g/mol. The van der Waals surface area contributed by atoms with Crippen molar-refractivity contribution in [3.05, 3.63) is 29.8 Å². The number of cyclic esters (lactones) is 1. The third-order valence-corrected chi connectivity index (χ3v) is 5.99. The number of hydrogen-bond acceptors (Lipinski definition) is 5. The quantitative estimate of drug-likeness (QED) is 0.563. The lowest BCUT2D eigenvalue weighted by Gasteiger charge is -2.20. The van der Waals surface area contributed by atoms with Crippen molar-refractivity contribution >= 4 is 16.1 Å². The third-order valence-electron chi connectivity index (χ3n) is 4.67. The van der Waals surface area contributed by atoms with Gasteiger partial charge in [0.1, 0.15) is 6.10 Å². The van der Waals surface area contributed by atoms with Crippen LogP contribution in [0.15, 0.2) is 29.2 Å². The summed E-state index contributed by atoms with van der Waals surface area (Å²) in [6.45, 7) is 5.86. The summed E-state index contributed by atoms with van der Waals surface area (Å²) in [6.07, 6.45) is 2.23. The zero-order valence-electron chi connectivity index (χ0n) is 13.9. The van der Waals surface area contributed by atoms with Gasteiger partial charge in [-0.2, -0.15) is 8.42 Å². The van der Waals surface area contributed by atoms with E-state index in [4.69, 9.17) is 8.92 Å². The lowest BCUT2D eigenvalue weighted by Crippen LogP contribution is -2.24. The summed E-state index contributed by atoms with van der Waals surface area (Å²) >= 11 is 0. The van der Waals surface area contributed by atoms with E-state index in [2.05, 4.69) is 0 Å². The van der Waals surface area contributed by atoms with Gasteiger partial charge in [-0.1, -0.05) is 31.5 Å². The Labute approximate surface area is 138 Å². The van der Waals surface area contributed by atoms with Gasteiger partial charge in [-0.3, -0.25) is 8.98 Å². The first kappa shape index (κ1) is 17.9. The molecule has 128 valence electrons. The molecule has 0 aromatic heterocycles. The maximum atomic E-state index is 12.1.